The number of nitrogens with zero attached hydrogens (tertiary/aromatic N) is 2. The molecule has 1 saturated heterocycles. The Hall–Kier alpha value is -1.09. The van der Waals surface area contributed by atoms with E-state index in [2.05, 4.69) is 29.8 Å². The summed E-state index contributed by atoms with van der Waals surface area (Å²) in [5, 5.41) is 0. The second kappa shape index (κ2) is 4.83. The van der Waals surface area contributed by atoms with E-state index in [0.717, 1.165) is 18.9 Å². The van der Waals surface area contributed by atoms with Crippen molar-refractivity contribution in [1.29, 1.82) is 0 Å². The van der Waals surface area contributed by atoms with Gasteiger partial charge in [0.1, 0.15) is 5.82 Å². The Labute approximate surface area is 97.7 Å². The maximum absolute atomic E-state index is 5.78. The van der Waals surface area contributed by atoms with Gasteiger partial charge in [0.05, 0.1) is 0 Å². The van der Waals surface area contributed by atoms with E-state index >= 15 is 0 Å². The van der Waals surface area contributed by atoms with Crippen molar-refractivity contribution in [2.75, 3.05) is 18.0 Å². The van der Waals surface area contributed by atoms with Gasteiger partial charge < -0.3 is 10.6 Å². The Bertz CT molecular complexity index is 351. The molecule has 1 aromatic rings. The van der Waals surface area contributed by atoms with E-state index in [0.29, 0.717) is 12.0 Å². The van der Waals surface area contributed by atoms with E-state index in [4.69, 9.17) is 5.73 Å². The Balaban J connectivity index is 2.21. The highest BCUT2D eigenvalue weighted by Crippen LogP contribution is 2.27. The van der Waals surface area contributed by atoms with Crippen LogP contribution in [0.4, 0.5) is 5.82 Å². The first-order chi connectivity index (χ1) is 7.72. The monoisotopic (exact) mass is 219 g/mol. The molecule has 16 heavy (non-hydrogen) atoms. The SMILES string of the molecule is Cc1cccnc1N1CC(CN)CCC1C. The van der Waals surface area contributed by atoms with Gasteiger partial charge in [0.2, 0.25) is 0 Å². The van der Waals surface area contributed by atoms with Gasteiger partial charge in [-0.05, 0) is 50.8 Å². The number of nitrogens with two attached hydrogens (primary N) is 1. The molecule has 0 bridgehead atoms. The van der Waals surface area contributed by atoms with Crippen molar-refractivity contribution in [1.82, 2.24) is 4.98 Å². The van der Waals surface area contributed by atoms with E-state index in [9.17, 15) is 0 Å². The zero-order chi connectivity index (χ0) is 11.5. The molecule has 2 rings (SSSR count). The maximum atomic E-state index is 5.78. The van der Waals surface area contributed by atoms with E-state index < -0.39 is 0 Å². The van der Waals surface area contributed by atoms with Crippen molar-refractivity contribution < 1.29 is 0 Å². The first-order valence-electron chi connectivity index (χ1n) is 6.10. The van der Waals surface area contributed by atoms with Gasteiger partial charge in [-0.2, -0.15) is 0 Å². The third-order valence-electron chi connectivity index (χ3n) is 3.57. The highest BCUT2D eigenvalue weighted by molar-refractivity contribution is 5.47. The largest absolute Gasteiger partial charge is 0.353 e. The van der Waals surface area contributed by atoms with Crippen LogP contribution < -0.4 is 10.6 Å². The molecule has 2 N–H and O–H groups in total. The topological polar surface area (TPSA) is 42.2 Å². The standard InChI is InChI=1S/C13H21N3/c1-10-4-3-7-15-13(10)16-9-12(8-14)6-5-11(16)2/h3-4,7,11-12H,5-6,8-9,14H2,1-2H3. The van der Waals surface area contributed by atoms with Gasteiger partial charge in [-0.1, -0.05) is 6.07 Å². The molecule has 3 nitrogen and oxygen atoms in total. The van der Waals surface area contributed by atoms with Crippen molar-refractivity contribution >= 4 is 5.82 Å². The molecule has 0 amide bonds. The Morgan fingerprint density at radius 3 is 3.00 bits per heavy atom. The van der Waals surface area contributed by atoms with Gasteiger partial charge in [0, 0.05) is 18.8 Å². The molecular weight excluding hydrogens is 198 g/mol. The second-order valence-corrected chi connectivity index (χ2v) is 4.82. The molecule has 0 aliphatic carbocycles. The summed E-state index contributed by atoms with van der Waals surface area (Å²) in [7, 11) is 0. The molecule has 2 atom stereocenters. The van der Waals surface area contributed by atoms with Gasteiger partial charge in [-0.3, -0.25) is 0 Å². The second-order valence-electron chi connectivity index (χ2n) is 4.82. The summed E-state index contributed by atoms with van der Waals surface area (Å²) < 4.78 is 0. The zero-order valence-electron chi connectivity index (χ0n) is 10.2. The van der Waals surface area contributed by atoms with Crippen LogP contribution in [0.3, 0.4) is 0 Å². The van der Waals surface area contributed by atoms with E-state index in [1.54, 1.807) is 0 Å². The fraction of sp³-hybridized carbons (Fsp3) is 0.615. The molecule has 1 aliphatic rings. The van der Waals surface area contributed by atoms with Crippen LogP contribution in [0.2, 0.25) is 0 Å². The van der Waals surface area contributed by atoms with Crippen LogP contribution in [0.5, 0.6) is 0 Å². The molecule has 2 heterocycles. The molecule has 88 valence electrons. The van der Waals surface area contributed by atoms with Crippen LogP contribution in [0, 0.1) is 12.8 Å². The number of hydrogen-bond donors (Lipinski definition) is 1. The molecule has 2 unspecified atom stereocenters. The summed E-state index contributed by atoms with van der Waals surface area (Å²) in [6, 6.07) is 4.70. The summed E-state index contributed by atoms with van der Waals surface area (Å²) in [6.45, 7) is 6.24. The Morgan fingerprint density at radius 1 is 1.50 bits per heavy atom. The van der Waals surface area contributed by atoms with E-state index in [1.807, 2.05) is 12.3 Å². The van der Waals surface area contributed by atoms with Crippen LogP contribution in [0.1, 0.15) is 25.3 Å². The van der Waals surface area contributed by atoms with Gasteiger partial charge in [-0.25, -0.2) is 4.98 Å². The third kappa shape index (κ3) is 2.19. The predicted octanol–water partition coefficient (Wildman–Crippen LogP) is 1.95. The third-order valence-corrected chi connectivity index (χ3v) is 3.57. The summed E-state index contributed by atoms with van der Waals surface area (Å²) >= 11 is 0. The first-order valence-corrected chi connectivity index (χ1v) is 6.10. The van der Waals surface area contributed by atoms with Crippen molar-refractivity contribution in [3.05, 3.63) is 23.9 Å². The number of pyridine rings is 1. The van der Waals surface area contributed by atoms with E-state index in [-0.39, 0.29) is 0 Å². The fourth-order valence-corrected chi connectivity index (χ4v) is 2.45. The first kappa shape index (κ1) is 11.4. The predicted molar refractivity (Wildman–Crippen MR) is 67.6 cm³/mol. The van der Waals surface area contributed by atoms with Crippen LogP contribution in [0.25, 0.3) is 0 Å². The van der Waals surface area contributed by atoms with Gasteiger partial charge in [0.15, 0.2) is 0 Å². The molecule has 3 heteroatoms. The lowest BCUT2D eigenvalue weighted by Gasteiger charge is -2.39. The minimum Gasteiger partial charge on any atom is -0.353 e. The van der Waals surface area contributed by atoms with E-state index in [1.165, 1.54) is 18.4 Å². The molecule has 0 spiro atoms. The van der Waals surface area contributed by atoms with Crippen LogP contribution >= 0.6 is 0 Å². The van der Waals surface area contributed by atoms with Crippen LogP contribution in [0.15, 0.2) is 18.3 Å². The fourth-order valence-electron chi connectivity index (χ4n) is 2.45. The molecule has 1 fully saturated rings. The lowest BCUT2D eigenvalue weighted by Crippen LogP contribution is -2.44. The Kier molecular flexibility index (Phi) is 3.44. The van der Waals surface area contributed by atoms with Gasteiger partial charge >= 0.3 is 0 Å². The molecule has 0 aromatic carbocycles. The minimum absolute atomic E-state index is 0.580. The highest BCUT2D eigenvalue weighted by Gasteiger charge is 2.26. The number of aromatic nitrogens is 1. The normalized spacial score (nSPS) is 25.8. The van der Waals surface area contributed by atoms with Gasteiger partial charge in [0.25, 0.3) is 0 Å². The molecule has 1 aliphatic heterocycles. The van der Waals surface area contributed by atoms with Crippen molar-refractivity contribution in [3.8, 4) is 0 Å². The number of rotatable bonds is 2. The molecular formula is C13H21N3. The van der Waals surface area contributed by atoms with Crippen molar-refractivity contribution in [3.63, 3.8) is 0 Å². The summed E-state index contributed by atoms with van der Waals surface area (Å²) in [5.74, 6) is 1.76. The lowest BCUT2D eigenvalue weighted by molar-refractivity contribution is 0.371. The molecule has 0 radical (unpaired) electrons. The quantitative estimate of drug-likeness (QED) is 0.826. The molecule has 0 saturated carbocycles. The average molecular weight is 219 g/mol. The summed E-state index contributed by atoms with van der Waals surface area (Å²) in [5.41, 5.74) is 7.04. The van der Waals surface area contributed by atoms with Crippen LogP contribution in [-0.2, 0) is 0 Å². The highest BCUT2D eigenvalue weighted by atomic mass is 15.2. The summed E-state index contributed by atoms with van der Waals surface area (Å²) in [4.78, 5) is 6.92. The zero-order valence-corrected chi connectivity index (χ0v) is 10.2. The number of hydrogen-bond acceptors (Lipinski definition) is 3. The van der Waals surface area contributed by atoms with Crippen molar-refractivity contribution in [2.45, 2.75) is 32.7 Å². The number of anilines is 1. The maximum Gasteiger partial charge on any atom is 0.131 e. The van der Waals surface area contributed by atoms with Gasteiger partial charge in [-0.15, -0.1) is 0 Å². The molecule has 1 aromatic heterocycles. The minimum atomic E-state index is 0.580. The number of aryl methyl sites for hydroxylation is 1. The smallest absolute Gasteiger partial charge is 0.131 e. The van der Waals surface area contributed by atoms with Crippen LogP contribution in [-0.4, -0.2) is 24.1 Å². The Morgan fingerprint density at radius 2 is 2.31 bits per heavy atom. The number of piperidine rings is 1. The average Bonchev–Trinajstić information content (AvgIpc) is 2.31. The van der Waals surface area contributed by atoms with Crippen molar-refractivity contribution in [2.24, 2.45) is 11.7 Å². The lowest BCUT2D eigenvalue weighted by atomic mass is 9.93. The summed E-state index contributed by atoms with van der Waals surface area (Å²) in [6.07, 6.45) is 4.35.